The minimum atomic E-state index is -2.17. The van der Waals surface area contributed by atoms with Crippen LogP contribution in [0.5, 0.6) is 0 Å². The van der Waals surface area contributed by atoms with E-state index in [4.69, 9.17) is 0 Å². The summed E-state index contributed by atoms with van der Waals surface area (Å²) in [6.07, 6.45) is 0. The van der Waals surface area contributed by atoms with Gasteiger partial charge in [0, 0.05) is 28.2 Å². The van der Waals surface area contributed by atoms with Gasteiger partial charge in [0.15, 0.2) is 0 Å². The molecule has 1 fully saturated rings. The number of imide groups is 2. The number of nitrogens with zero attached hydrogens (tertiary/aromatic N) is 4. The topological polar surface area (TPSA) is 101 Å². The van der Waals surface area contributed by atoms with Gasteiger partial charge >= 0.3 is 12.1 Å². The van der Waals surface area contributed by atoms with Crippen LogP contribution in [0.4, 0.5) is 9.59 Å². The van der Waals surface area contributed by atoms with Crippen LogP contribution in [0.1, 0.15) is 6.92 Å². The summed E-state index contributed by atoms with van der Waals surface area (Å²) >= 11 is 0. The number of carbonyl (C=O) groups excluding carboxylic acids is 4. The van der Waals surface area contributed by atoms with E-state index in [1.165, 1.54) is 28.2 Å². The van der Waals surface area contributed by atoms with Gasteiger partial charge in [-0.1, -0.05) is 0 Å². The third kappa shape index (κ3) is 1.91. The average molecular weight is 272 g/mol. The van der Waals surface area contributed by atoms with E-state index in [1.807, 2.05) is 0 Å². The lowest BCUT2D eigenvalue weighted by Gasteiger charge is -2.42. The summed E-state index contributed by atoms with van der Waals surface area (Å²) in [5.74, 6) is -1.95. The summed E-state index contributed by atoms with van der Waals surface area (Å²) in [6, 6.07) is -1.77. The molecule has 0 aliphatic carbocycles. The maximum Gasteiger partial charge on any atom is 0.344 e. The third-order valence-electron chi connectivity index (χ3n) is 3.00. The minimum absolute atomic E-state index is 0.0388. The molecule has 9 nitrogen and oxygen atoms in total. The van der Waals surface area contributed by atoms with E-state index in [0.717, 1.165) is 11.8 Å². The van der Waals surface area contributed by atoms with Crippen molar-refractivity contribution in [3.05, 3.63) is 0 Å². The van der Waals surface area contributed by atoms with E-state index in [1.54, 1.807) is 0 Å². The SMILES string of the molecule is CN(C)C(=O)N(O)C1(C)C(=O)N(C)C(=O)N(C)C1=O. The average Bonchev–Trinajstić information content (AvgIpc) is 2.38. The van der Waals surface area contributed by atoms with Crippen LogP contribution < -0.4 is 0 Å². The van der Waals surface area contributed by atoms with Crippen LogP contribution in [0.15, 0.2) is 0 Å². The number of likely N-dealkylation sites (N-methyl/N-ethyl adjacent to an activating group) is 2. The van der Waals surface area contributed by atoms with Crippen molar-refractivity contribution in [2.75, 3.05) is 28.2 Å². The van der Waals surface area contributed by atoms with Crippen LogP contribution in [-0.4, -0.2) is 82.6 Å². The summed E-state index contributed by atoms with van der Waals surface area (Å²) < 4.78 is 0. The lowest BCUT2D eigenvalue weighted by molar-refractivity contribution is -0.183. The molecule has 1 heterocycles. The molecule has 0 radical (unpaired) electrons. The van der Waals surface area contributed by atoms with Gasteiger partial charge in [0.25, 0.3) is 11.8 Å². The van der Waals surface area contributed by atoms with Gasteiger partial charge in [-0.05, 0) is 6.92 Å². The smallest absolute Gasteiger partial charge is 0.329 e. The van der Waals surface area contributed by atoms with E-state index in [-0.39, 0.29) is 5.06 Å². The van der Waals surface area contributed by atoms with Crippen LogP contribution in [0.2, 0.25) is 0 Å². The van der Waals surface area contributed by atoms with Crippen molar-refractivity contribution in [2.45, 2.75) is 12.5 Å². The molecule has 0 saturated carbocycles. The Morgan fingerprint density at radius 2 is 1.47 bits per heavy atom. The zero-order valence-electron chi connectivity index (χ0n) is 11.4. The van der Waals surface area contributed by atoms with Crippen molar-refractivity contribution in [1.82, 2.24) is 19.8 Å². The maximum absolute atomic E-state index is 12.1. The highest BCUT2D eigenvalue weighted by atomic mass is 16.5. The highest BCUT2D eigenvalue weighted by Gasteiger charge is 2.58. The van der Waals surface area contributed by atoms with Crippen molar-refractivity contribution in [2.24, 2.45) is 0 Å². The van der Waals surface area contributed by atoms with Crippen molar-refractivity contribution in [3.63, 3.8) is 0 Å². The van der Waals surface area contributed by atoms with Crippen molar-refractivity contribution < 1.29 is 24.4 Å². The molecular weight excluding hydrogens is 256 g/mol. The van der Waals surface area contributed by atoms with Crippen LogP contribution >= 0.6 is 0 Å². The first-order valence-corrected chi connectivity index (χ1v) is 5.37. The van der Waals surface area contributed by atoms with Gasteiger partial charge < -0.3 is 4.90 Å². The number of rotatable bonds is 1. The fourth-order valence-corrected chi connectivity index (χ4v) is 1.71. The second-order valence-electron chi connectivity index (χ2n) is 4.57. The number of barbiturate groups is 1. The normalized spacial score (nSPS) is 18.7. The lowest BCUT2D eigenvalue weighted by atomic mass is 9.96. The Bertz CT molecular complexity index is 437. The van der Waals surface area contributed by atoms with Crippen LogP contribution in [0.25, 0.3) is 0 Å². The molecule has 1 aliphatic rings. The zero-order valence-corrected chi connectivity index (χ0v) is 11.4. The molecule has 0 aromatic carbocycles. The summed E-state index contributed by atoms with van der Waals surface area (Å²) in [7, 11) is 5.04. The number of hydrogen-bond donors (Lipinski definition) is 1. The second kappa shape index (κ2) is 4.50. The predicted octanol–water partition coefficient (Wildman–Crippen LogP) is -0.832. The molecule has 0 bridgehead atoms. The molecule has 9 heteroatoms. The highest BCUT2D eigenvalue weighted by Crippen LogP contribution is 2.25. The van der Waals surface area contributed by atoms with Gasteiger partial charge in [0.05, 0.1) is 0 Å². The first kappa shape index (κ1) is 14.9. The first-order chi connectivity index (χ1) is 8.56. The van der Waals surface area contributed by atoms with Gasteiger partial charge in [0.2, 0.25) is 5.54 Å². The maximum atomic E-state index is 12.1. The standard InChI is InChI=1S/C10H16N4O5/c1-10(14(19)8(17)11(2)3)6(15)12(4)9(18)13(5)7(10)16/h19H,1-5H3. The number of urea groups is 2. The fraction of sp³-hybridized carbons (Fsp3) is 0.600. The molecule has 1 rings (SSSR count). The highest BCUT2D eigenvalue weighted by molar-refractivity contribution is 6.22. The Labute approximate surface area is 109 Å². The quantitative estimate of drug-likeness (QED) is 0.381. The summed E-state index contributed by atoms with van der Waals surface area (Å²) in [5, 5.41) is 9.91. The Morgan fingerprint density at radius 1 is 1.11 bits per heavy atom. The molecule has 19 heavy (non-hydrogen) atoms. The molecule has 6 amide bonds. The van der Waals surface area contributed by atoms with E-state index in [0.29, 0.717) is 9.80 Å². The van der Waals surface area contributed by atoms with Crippen LogP contribution in [0, 0.1) is 0 Å². The molecule has 0 aromatic heterocycles. The summed E-state index contributed by atoms with van der Waals surface area (Å²) in [6.45, 7) is 1.08. The lowest BCUT2D eigenvalue weighted by Crippen LogP contribution is -2.72. The largest absolute Gasteiger partial charge is 0.344 e. The minimum Gasteiger partial charge on any atom is -0.329 e. The number of amides is 6. The molecule has 1 N–H and O–H groups in total. The van der Waals surface area contributed by atoms with Crippen molar-refractivity contribution >= 4 is 23.9 Å². The molecule has 1 saturated heterocycles. The summed E-state index contributed by atoms with van der Waals surface area (Å²) in [5.41, 5.74) is -2.17. The first-order valence-electron chi connectivity index (χ1n) is 5.37. The second-order valence-corrected chi connectivity index (χ2v) is 4.57. The Balaban J connectivity index is 3.28. The molecule has 0 spiro atoms. The van der Waals surface area contributed by atoms with E-state index >= 15 is 0 Å². The van der Waals surface area contributed by atoms with Gasteiger partial charge in [-0.3, -0.25) is 24.6 Å². The Morgan fingerprint density at radius 3 is 1.79 bits per heavy atom. The van der Waals surface area contributed by atoms with E-state index in [2.05, 4.69) is 0 Å². The molecule has 1 aliphatic heterocycles. The van der Waals surface area contributed by atoms with Gasteiger partial charge in [0.1, 0.15) is 0 Å². The van der Waals surface area contributed by atoms with Crippen LogP contribution in [0.3, 0.4) is 0 Å². The molecule has 106 valence electrons. The fourth-order valence-electron chi connectivity index (χ4n) is 1.71. The monoisotopic (exact) mass is 272 g/mol. The number of hydrogen-bond acceptors (Lipinski definition) is 5. The Hall–Kier alpha value is -2.16. The molecule has 0 unspecified atom stereocenters. The number of hydroxylamine groups is 2. The molecular formula is C10H16N4O5. The van der Waals surface area contributed by atoms with Crippen molar-refractivity contribution in [3.8, 4) is 0 Å². The zero-order chi connectivity index (χ0) is 15.1. The molecule has 0 atom stereocenters. The van der Waals surface area contributed by atoms with Gasteiger partial charge in [-0.25, -0.2) is 9.59 Å². The van der Waals surface area contributed by atoms with Gasteiger partial charge in [-0.15, -0.1) is 0 Å². The van der Waals surface area contributed by atoms with E-state index < -0.39 is 29.4 Å². The van der Waals surface area contributed by atoms with Crippen molar-refractivity contribution in [1.29, 1.82) is 0 Å². The van der Waals surface area contributed by atoms with E-state index in [9.17, 15) is 24.4 Å². The Kier molecular flexibility index (Phi) is 3.53. The third-order valence-corrected chi connectivity index (χ3v) is 3.00. The van der Waals surface area contributed by atoms with Crippen LogP contribution in [-0.2, 0) is 9.59 Å². The predicted molar refractivity (Wildman–Crippen MR) is 62.0 cm³/mol. The number of carbonyl (C=O) groups is 4. The molecule has 0 aromatic rings. The van der Waals surface area contributed by atoms with Gasteiger partial charge in [-0.2, -0.15) is 5.06 Å². The summed E-state index contributed by atoms with van der Waals surface area (Å²) in [4.78, 5) is 49.8.